The van der Waals surface area contributed by atoms with Crippen molar-refractivity contribution in [3.8, 4) is 0 Å². The summed E-state index contributed by atoms with van der Waals surface area (Å²) in [4.78, 5) is 11.4. The summed E-state index contributed by atoms with van der Waals surface area (Å²) in [6.45, 7) is 1.57. The molecule has 0 saturated carbocycles. The molecule has 1 aliphatic heterocycles. The smallest absolute Gasteiger partial charge is 0.343 e. The maximum absolute atomic E-state index is 11.4. The zero-order valence-corrected chi connectivity index (χ0v) is 7.82. The molecule has 0 aromatic carbocycles. The minimum atomic E-state index is -0.464. The van der Waals surface area contributed by atoms with Gasteiger partial charge in [-0.3, -0.25) is 4.68 Å². The van der Waals surface area contributed by atoms with Crippen LogP contribution in [0.5, 0.6) is 0 Å². The van der Waals surface area contributed by atoms with Gasteiger partial charge in [0.25, 0.3) is 0 Å². The van der Waals surface area contributed by atoms with Gasteiger partial charge in [0.15, 0.2) is 5.82 Å². The summed E-state index contributed by atoms with van der Waals surface area (Å²) < 4.78 is 11.5. The van der Waals surface area contributed by atoms with Gasteiger partial charge in [-0.1, -0.05) is 0 Å². The molecule has 0 spiro atoms. The first kappa shape index (κ1) is 9.01. The highest BCUT2D eigenvalue weighted by Crippen LogP contribution is 2.20. The molecule has 14 heavy (non-hydrogen) atoms. The number of nitrogens with two attached hydrogens (primary N) is 1. The van der Waals surface area contributed by atoms with Gasteiger partial charge in [0, 0.05) is 0 Å². The van der Waals surface area contributed by atoms with E-state index in [-0.39, 0.29) is 5.82 Å². The zero-order chi connectivity index (χ0) is 10.1. The van der Waals surface area contributed by atoms with Crippen LogP contribution in [0.1, 0.15) is 16.1 Å². The number of aromatic nitrogens is 2. The first-order valence-corrected chi connectivity index (χ1v) is 4.25. The highest BCUT2D eigenvalue weighted by molar-refractivity contribution is 5.95. The van der Waals surface area contributed by atoms with Crippen LogP contribution in [0.2, 0.25) is 0 Å². The van der Waals surface area contributed by atoms with Crippen LogP contribution in [0.3, 0.4) is 0 Å². The number of ether oxygens (including phenoxy) is 2. The van der Waals surface area contributed by atoms with E-state index in [1.165, 1.54) is 7.11 Å². The maximum Gasteiger partial charge on any atom is 0.343 e. The third-order valence-electron chi connectivity index (χ3n) is 2.16. The number of anilines is 1. The zero-order valence-electron chi connectivity index (χ0n) is 7.82. The summed E-state index contributed by atoms with van der Waals surface area (Å²) in [6, 6.07) is 0. The molecule has 6 nitrogen and oxygen atoms in total. The number of nitrogen functional groups attached to an aromatic ring is 1. The van der Waals surface area contributed by atoms with Crippen LogP contribution in [-0.4, -0.2) is 29.5 Å². The summed E-state index contributed by atoms with van der Waals surface area (Å²) in [5.41, 5.74) is 6.63. The lowest BCUT2D eigenvalue weighted by Crippen LogP contribution is -2.19. The maximum atomic E-state index is 11.4. The van der Waals surface area contributed by atoms with Crippen LogP contribution < -0.4 is 5.73 Å². The van der Waals surface area contributed by atoms with Crippen molar-refractivity contribution in [3.05, 3.63) is 11.3 Å². The highest BCUT2D eigenvalue weighted by atomic mass is 16.5. The number of carbonyl (C=O) groups is 1. The SMILES string of the molecule is COC(=O)c1c(N)nn2c1COCC2. The molecule has 0 atom stereocenters. The third kappa shape index (κ3) is 1.24. The van der Waals surface area contributed by atoms with Gasteiger partial charge in [-0.05, 0) is 0 Å². The van der Waals surface area contributed by atoms with E-state index < -0.39 is 5.97 Å². The van der Waals surface area contributed by atoms with E-state index >= 15 is 0 Å². The van der Waals surface area contributed by atoms with Crippen LogP contribution in [0.25, 0.3) is 0 Å². The molecule has 1 aliphatic rings. The van der Waals surface area contributed by atoms with Crippen molar-refractivity contribution in [2.45, 2.75) is 13.2 Å². The van der Waals surface area contributed by atoms with E-state index in [9.17, 15) is 4.79 Å². The third-order valence-corrected chi connectivity index (χ3v) is 2.16. The topological polar surface area (TPSA) is 79.4 Å². The Labute approximate surface area is 80.6 Å². The van der Waals surface area contributed by atoms with Crippen molar-refractivity contribution >= 4 is 11.8 Å². The van der Waals surface area contributed by atoms with Crippen molar-refractivity contribution in [1.82, 2.24) is 9.78 Å². The number of carbonyl (C=O) groups excluding carboxylic acids is 1. The Bertz CT molecular complexity index is 372. The van der Waals surface area contributed by atoms with Crippen LogP contribution in [0.4, 0.5) is 5.82 Å². The molecule has 2 rings (SSSR count). The molecule has 1 aromatic heterocycles. The van der Waals surface area contributed by atoms with Crippen LogP contribution in [0.15, 0.2) is 0 Å². The van der Waals surface area contributed by atoms with Gasteiger partial charge >= 0.3 is 5.97 Å². The van der Waals surface area contributed by atoms with Crippen molar-refractivity contribution in [2.24, 2.45) is 0 Å². The molecule has 0 bridgehead atoms. The molecule has 0 fully saturated rings. The first-order valence-electron chi connectivity index (χ1n) is 4.25. The standard InChI is InChI=1S/C8H11N3O3/c1-13-8(12)6-5-4-14-3-2-11(5)10-7(6)9/h2-4H2,1H3,(H2,9,10). The predicted molar refractivity (Wildman–Crippen MR) is 47.6 cm³/mol. The molecule has 0 radical (unpaired) electrons. The molecular weight excluding hydrogens is 186 g/mol. The fraction of sp³-hybridized carbons (Fsp3) is 0.500. The summed E-state index contributed by atoms with van der Waals surface area (Å²) in [6.07, 6.45) is 0. The van der Waals surface area contributed by atoms with Crippen LogP contribution >= 0.6 is 0 Å². The summed E-state index contributed by atoms with van der Waals surface area (Å²) >= 11 is 0. The van der Waals surface area contributed by atoms with Crippen molar-refractivity contribution < 1.29 is 14.3 Å². The van der Waals surface area contributed by atoms with E-state index in [0.29, 0.717) is 31.0 Å². The van der Waals surface area contributed by atoms with Crippen LogP contribution in [0, 0.1) is 0 Å². The lowest BCUT2D eigenvalue weighted by atomic mass is 10.2. The Hall–Kier alpha value is -1.56. The van der Waals surface area contributed by atoms with Crippen molar-refractivity contribution in [3.63, 3.8) is 0 Å². The monoisotopic (exact) mass is 197 g/mol. The molecule has 1 aromatic rings. The largest absolute Gasteiger partial charge is 0.465 e. The normalized spacial score (nSPS) is 14.9. The van der Waals surface area contributed by atoms with Gasteiger partial charge in [0.1, 0.15) is 5.56 Å². The molecule has 2 N–H and O–H groups in total. The van der Waals surface area contributed by atoms with E-state index in [1.807, 2.05) is 0 Å². The lowest BCUT2D eigenvalue weighted by Gasteiger charge is -2.14. The molecule has 76 valence electrons. The van der Waals surface area contributed by atoms with E-state index in [0.717, 1.165) is 0 Å². The minimum Gasteiger partial charge on any atom is -0.465 e. The number of hydrogen-bond acceptors (Lipinski definition) is 5. The van der Waals surface area contributed by atoms with Crippen molar-refractivity contribution in [2.75, 3.05) is 19.5 Å². The number of rotatable bonds is 1. The number of nitrogens with zero attached hydrogens (tertiary/aromatic N) is 2. The van der Waals surface area contributed by atoms with Gasteiger partial charge in [-0.15, -0.1) is 0 Å². The molecule has 6 heteroatoms. The summed E-state index contributed by atoms with van der Waals surface area (Å²) in [5, 5.41) is 4.03. The average molecular weight is 197 g/mol. The minimum absolute atomic E-state index is 0.206. The quantitative estimate of drug-likeness (QED) is 0.630. The number of hydrogen-bond donors (Lipinski definition) is 1. The van der Waals surface area contributed by atoms with Gasteiger partial charge in [-0.25, -0.2) is 4.79 Å². The number of methoxy groups -OCH3 is 1. The molecule has 0 saturated heterocycles. The summed E-state index contributed by atoms with van der Waals surface area (Å²) in [7, 11) is 1.31. The summed E-state index contributed by atoms with van der Waals surface area (Å²) in [5.74, 6) is -0.258. The van der Waals surface area contributed by atoms with E-state index in [1.54, 1.807) is 4.68 Å². The van der Waals surface area contributed by atoms with Gasteiger partial charge in [0.2, 0.25) is 0 Å². The second-order valence-electron chi connectivity index (χ2n) is 2.97. The Balaban J connectivity index is 2.47. The predicted octanol–water partition coefficient (Wildman–Crippen LogP) is -0.218. The molecular formula is C8H11N3O3. The number of esters is 1. The highest BCUT2D eigenvalue weighted by Gasteiger charge is 2.24. The molecule has 0 unspecified atom stereocenters. The van der Waals surface area contributed by atoms with E-state index in [2.05, 4.69) is 9.84 Å². The molecule has 0 amide bonds. The Morgan fingerprint density at radius 3 is 3.21 bits per heavy atom. The second-order valence-corrected chi connectivity index (χ2v) is 2.97. The second kappa shape index (κ2) is 3.30. The van der Waals surface area contributed by atoms with Crippen LogP contribution in [-0.2, 0) is 22.6 Å². The fourth-order valence-electron chi connectivity index (χ4n) is 1.49. The first-order chi connectivity index (χ1) is 6.74. The Morgan fingerprint density at radius 1 is 1.71 bits per heavy atom. The lowest BCUT2D eigenvalue weighted by molar-refractivity contribution is 0.0573. The Morgan fingerprint density at radius 2 is 2.50 bits per heavy atom. The van der Waals surface area contributed by atoms with Gasteiger partial charge in [0.05, 0.1) is 32.6 Å². The van der Waals surface area contributed by atoms with Gasteiger partial charge < -0.3 is 15.2 Å². The Kier molecular flexibility index (Phi) is 2.12. The average Bonchev–Trinajstić information content (AvgIpc) is 2.53. The van der Waals surface area contributed by atoms with Gasteiger partial charge in [-0.2, -0.15) is 5.10 Å². The molecule has 0 aliphatic carbocycles. The number of fused-ring (bicyclic) bond motifs is 1. The fourth-order valence-corrected chi connectivity index (χ4v) is 1.49. The van der Waals surface area contributed by atoms with E-state index in [4.69, 9.17) is 10.5 Å². The molecule has 2 heterocycles. The van der Waals surface area contributed by atoms with Crippen molar-refractivity contribution in [1.29, 1.82) is 0 Å².